The number of aryl methyl sites for hydroxylation is 1. The number of rotatable bonds is 11. The van der Waals surface area contributed by atoms with Crippen LogP contribution in [0.2, 0.25) is 18.6 Å². The number of fused-ring (bicyclic) bond motifs is 2. The largest absolute Gasteiger partial charge is 0.497 e. The Labute approximate surface area is 297 Å². The third kappa shape index (κ3) is 5.82. The predicted octanol–water partition coefficient (Wildman–Crippen LogP) is 4.43. The Morgan fingerprint density at radius 2 is 1.80 bits per heavy atom. The Morgan fingerprint density at radius 3 is 2.47 bits per heavy atom. The lowest BCUT2D eigenvalue weighted by atomic mass is 9.82. The molecule has 1 unspecified atom stereocenters. The molecule has 3 aromatic carbocycles. The fourth-order valence-corrected chi connectivity index (χ4v) is 12.5. The summed E-state index contributed by atoms with van der Waals surface area (Å²) in [6.07, 6.45) is 1.86. The van der Waals surface area contributed by atoms with Gasteiger partial charge in [0.1, 0.15) is 5.75 Å². The number of aliphatic hydroxyl groups excluding tert-OH is 1. The van der Waals surface area contributed by atoms with Crippen LogP contribution in [0.4, 0.5) is 17.1 Å². The zero-order valence-corrected chi connectivity index (χ0v) is 30.5. The quantitative estimate of drug-likeness (QED) is 0.136. The Kier molecular flexibility index (Phi) is 9.06. The molecule has 7 rings (SSSR count). The molecule has 1 aromatic heterocycles. The number of aromatic nitrogens is 3. The summed E-state index contributed by atoms with van der Waals surface area (Å²) < 4.78 is 20.0. The highest BCUT2D eigenvalue weighted by atomic mass is 28.3. The summed E-state index contributed by atoms with van der Waals surface area (Å²) >= 11 is 0. The van der Waals surface area contributed by atoms with Crippen LogP contribution in [0.15, 0.2) is 79.0 Å². The maximum atomic E-state index is 15.2. The van der Waals surface area contributed by atoms with Gasteiger partial charge in [0.05, 0.1) is 39.1 Å². The van der Waals surface area contributed by atoms with Crippen LogP contribution in [0.5, 0.6) is 5.75 Å². The van der Waals surface area contributed by atoms with Crippen molar-refractivity contribution in [2.75, 3.05) is 23.5 Å². The zero-order valence-electron chi connectivity index (χ0n) is 29.5. The van der Waals surface area contributed by atoms with Crippen molar-refractivity contribution in [3.8, 4) is 5.75 Å². The van der Waals surface area contributed by atoms with Gasteiger partial charge in [0.15, 0.2) is 11.8 Å². The number of esters is 1. The minimum Gasteiger partial charge on any atom is -0.497 e. The van der Waals surface area contributed by atoms with E-state index >= 15 is 4.79 Å². The lowest BCUT2D eigenvalue weighted by Crippen LogP contribution is -2.55. The number of carbonyl (C=O) groups is 3. The fourth-order valence-electron chi connectivity index (χ4n) is 8.40. The molecule has 5 atom stereocenters. The smallest absolute Gasteiger partial charge is 0.304 e. The second-order valence-electron chi connectivity index (χ2n) is 14.1. The number of nitrogens with zero attached hydrogens (tertiary/aromatic N) is 5. The zero-order chi connectivity index (χ0) is 36.1. The van der Waals surface area contributed by atoms with Crippen LogP contribution in [0.25, 0.3) is 0 Å². The molecule has 2 fully saturated rings. The van der Waals surface area contributed by atoms with E-state index < -0.39 is 25.9 Å². The van der Waals surface area contributed by atoms with Crippen LogP contribution < -0.4 is 19.7 Å². The predicted molar refractivity (Wildman–Crippen MR) is 193 cm³/mol. The molecule has 0 saturated carbocycles. The molecule has 1 N–H and O–H groups in total. The van der Waals surface area contributed by atoms with E-state index in [1.165, 1.54) is 17.0 Å². The fraction of sp³-hybridized carbons (Fsp3) is 0.395. The van der Waals surface area contributed by atoms with Crippen molar-refractivity contribution in [2.45, 2.75) is 76.2 Å². The first kappa shape index (κ1) is 34.6. The van der Waals surface area contributed by atoms with Gasteiger partial charge in [-0.1, -0.05) is 60.7 Å². The van der Waals surface area contributed by atoms with Crippen molar-refractivity contribution >= 4 is 48.1 Å². The molecule has 4 aromatic rings. The van der Waals surface area contributed by atoms with Crippen molar-refractivity contribution in [1.82, 2.24) is 15.0 Å². The molecule has 0 radical (unpaired) electrons. The Bertz CT molecular complexity index is 1950. The molecule has 51 heavy (non-hydrogen) atoms. The van der Waals surface area contributed by atoms with E-state index in [0.717, 1.165) is 5.75 Å². The monoisotopic (exact) mass is 709 g/mol. The van der Waals surface area contributed by atoms with Gasteiger partial charge in [0.2, 0.25) is 5.91 Å². The molecule has 2 amide bonds. The molecule has 12 nitrogen and oxygen atoms in total. The number of amides is 2. The molecule has 266 valence electrons. The summed E-state index contributed by atoms with van der Waals surface area (Å²) in [5.41, 5.74) is 1.93. The molecule has 3 aliphatic heterocycles. The highest BCUT2D eigenvalue weighted by molar-refractivity contribution is 6.91. The summed E-state index contributed by atoms with van der Waals surface area (Å²) in [7, 11) is -0.772. The van der Waals surface area contributed by atoms with Gasteiger partial charge in [-0.15, -0.1) is 5.10 Å². The first-order chi connectivity index (χ1) is 24.5. The van der Waals surface area contributed by atoms with E-state index in [1.54, 1.807) is 22.8 Å². The average Bonchev–Trinajstić information content (AvgIpc) is 3.76. The molecule has 0 aliphatic carbocycles. The molecule has 2 saturated heterocycles. The van der Waals surface area contributed by atoms with Crippen LogP contribution >= 0.6 is 0 Å². The minimum absolute atomic E-state index is 0.0136. The van der Waals surface area contributed by atoms with Gasteiger partial charge in [-0.25, -0.2) is 0 Å². The number of benzene rings is 3. The third-order valence-corrected chi connectivity index (χ3v) is 15.2. The molecule has 0 bridgehead atoms. The third-order valence-electron chi connectivity index (χ3n) is 10.8. The number of ether oxygens (including phenoxy) is 3. The van der Waals surface area contributed by atoms with Gasteiger partial charge in [0, 0.05) is 55.5 Å². The molecular formula is C38H43N5O7Si. The van der Waals surface area contributed by atoms with Crippen LogP contribution in [0.1, 0.15) is 37.9 Å². The highest BCUT2D eigenvalue weighted by Gasteiger charge is 2.66. The van der Waals surface area contributed by atoms with Crippen LogP contribution in [0, 0.1) is 5.92 Å². The lowest BCUT2D eigenvalue weighted by Gasteiger charge is -2.39. The Balaban J connectivity index is 1.35. The van der Waals surface area contributed by atoms with Crippen LogP contribution in [-0.4, -0.2) is 72.0 Å². The average molecular weight is 710 g/mol. The van der Waals surface area contributed by atoms with Gasteiger partial charge in [-0.3, -0.25) is 28.9 Å². The number of carbonyl (C=O) groups excluding carboxylic acids is 3. The van der Waals surface area contributed by atoms with Crippen molar-refractivity contribution in [3.63, 3.8) is 0 Å². The minimum atomic E-state index is -2.42. The van der Waals surface area contributed by atoms with Crippen molar-refractivity contribution in [2.24, 2.45) is 5.92 Å². The number of hydrogen-bond donors (Lipinski definition) is 1. The second kappa shape index (κ2) is 13.4. The number of β-lactam (4-membered cyclic amide) rings is 1. The van der Waals surface area contributed by atoms with Gasteiger partial charge < -0.3 is 19.3 Å². The maximum absolute atomic E-state index is 15.2. The van der Waals surface area contributed by atoms with Gasteiger partial charge in [-0.2, -0.15) is 0 Å². The van der Waals surface area contributed by atoms with E-state index in [2.05, 4.69) is 42.5 Å². The second-order valence-corrected chi connectivity index (χ2v) is 18.8. The highest BCUT2D eigenvalue weighted by Crippen LogP contribution is 2.61. The van der Waals surface area contributed by atoms with Crippen LogP contribution in [-0.2, 0) is 42.4 Å². The van der Waals surface area contributed by atoms with Gasteiger partial charge in [-0.05, 0) is 54.4 Å². The van der Waals surface area contributed by atoms with E-state index in [-0.39, 0.29) is 42.4 Å². The number of hydrogen-bond acceptors (Lipinski definition) is 9. The topological polar surface area (TPSA) is 136 Å². The van der Waals surface area contributed by atoms with E-state index in [1.807, 2.05) is 60.8 Å². The van der Waals surface area contributed by atoms with Crippen molar-refractivity contribution in [3.05, 3.63) is 90.3 Å². The van der Waals surface area contributed by atoms with Crippen LogP contribution in [0.3, 0.4) is 0 Å². The molecule has 3 aliphatic rings. The van der Waals surface area contributed by atoms with E-state index in [9.17, 15) is 14.7 Å². The normalized spacial score (nSPS) is 24.2. The summed E-state index contributed by atoms with van der Waals surface area (Å²) in [4.78, 5) is 43.2. The van der Waals surface area contributed by atoms with E-state index in [0.29, 0.717) is 47.7 Å². The van der Waals surface area contributed by atoms with Crippen molar-refractivity contribution < 1.29 is 33.7 Å². The summed E-state index contributed by atoms with van der Waals surface area (Å²) in [5, 5.41) is 19.1. The Morgan fingerprint density at radius 1 is 1.06 bits per heavy atom. The number of methoxy groups -OCH3 is 1. The Hall–Kier alpha value is -4.85. The summed E-state index contributed by atoms with van der Waals surface area (Å²) in [5.74, 6) is -0.329. The van der Waals surface area contributed by atoms with Gasteiger partial charge in [0.25, 0.3) is 5.91 Å². The SMILES string of the molecule is COc1ccc([Si](C)(C)[C@@H]2[C@@H](CCn3cc(CCO)nn3)O[C@]3(C(=O)N(c4ccccc4)c4ccc(N5C(=O)CC5OC(C)=O)cc43)[C@H]2C)cc1. The first-order valence-electron chi connectivity index (χ1n) is 17.3. The number of anilines is 3. The molecular weight excluding hydrogens is 667 g/mol. The summed E-state index contributed by atoms with van der Waals surface area (Å²) in [6, 6.07) is 23.3. The number of aliphatic hydroxyl groups is 1. The van der Waals surface area contributed by atoms with E-state index in [4.69, 9.17) is 14.2 Å². The summed E-state index contributed by atoms with van der Waals surface area (Å²) in [6.45, 7) is 8.59. The van der Waals surface area contributed by atoms with Gasteiger partial charge >= 0.3 is 5.97 Å². The number of para-hydroxylation sites is 1. The first-order valence-corrected chi connectivity index (χ1v) is 20.4. The molecule has 13 heteroatoms. The molecule has 1 spiro atoms. The maximum Gasteiger partial charge on any atom is 0.304 e. The lowest BCUT2D eigenvalue weighted by molar-refractivity contribution is -0.153. The standard InChI is InChI=1S/C38H43N5O7Si/c1-24-36(51(4,5)30-14-12-29(48-3)13-15-30)33(17-19-41-23-26(18-20-44)39-40-41)50-38(24)31-21-28(43-34(46)22-35(43)49-25(2)45)11-16-32(31)42(37(38)47)27-9-7-6-8-10-27/h6-16,21,23-24,33,35-36,44H,17-20,22H2,1-5H3/t24-,33+,35?,36-,38+/m0/s1. The van der Waals surface area contributed by atoms with Crippen molar-refractivity contribution in [1.29, 1.82) is 0 Å². The molecule has 4 heterocycles.